The van der Waals surface area contributed by atoms with E-state index in [-0.39, 0.29) is 5.97 Å². The zero-order chi connectivity index (χ0) is 10.1. The standard InChI is InChI=1S/C9H12Br2O2/c1-3-4-5-6-7(10)9(2,11)13-8(6)12/h3-5H2,1-2H3. The van der Waals surface area contributed by atoms with Gasteiger partial charge in [-0.3, -0.25) is 0 Å². The van der Waals surface area contributed by atoms with Gasteiger partial charge in [0.15, 0.2) is 4.51 Å². The second-order valence-electron chi connectivity index (χ2n) is 3.20. The van der Waals surface area contributed by atoms with Gasteiger partial charge in [0.1, 0.15) is 0 Å². The first-order chi connectivity index (χ1) is 5.99. The minimum atomic E-state index is -0.646. The largest absolute Gasteiger partial charge is 0.439 e. The van der Waals surface area contributed by atoms with Crippen molar-refractivity contribution in [2.24, 2.45) is 0 Å². The van der Waals surface area contributed by atoms with Gasteiger partial charge in [-0.1, -0.05) is 13.3 Å². The third-order valence-electron chi connectivity index (χ3n) is 1.97. The number of cyclic esters (lactones) is 1. The minimum Gasteiger partial charge on any atom is -0.439 e. The number of carbonyl (C=O) groups excluding carboxylic acids is 1. The molecule has 0 spiro atoms. The maximum atomic E-state index is 11.4. The van der Waals surface area contributed by atoms with Crippen LogP contribution < -0.4 is 0 Å². The third kappa shape index (κ3) is 2.34. The molecule has 1 heterocycles. The van der Waals surface area contributed by atoms with Gasteiger partial charge in [-0.15, -0.1) is 0 Å². The molecule has 0 saturated carbocycles. The second-order valence-corrected chi connectivity index (χ2v) is 5.51. The van der Waals surface area contributed by atoms with Gasteiger partial charge < -0.3 is 4.74 Å². The maximum Gasteiger partial charge on any atom is 0.336 e. The van der Waals surface area contributed by atoms with E-state index in [0.717, 1.165) is 29.3 Å². The molecule has 1 unspecified atom stereocenters. The van der Waals surface area contributed by atoms with Crippen LogP contribution >= 0.6 is 31.9 Å². The normalized spacial score (nSPS) is 28.2. The predicted molar refractivity (Wildman–Crippen MR) is 58.9 cm³/mol. The first kappa shape index (κ1) is 11.2. The molecular weight excluding hydrogens is 300 g/mol. The highest BCUT2D eigenvalue weighted by Gasteiger charge is 2.40. The Morgan fingerprint density at radius 2 is 2.15 bits per heavy atom. The molecule has 1 rings (SSSR count). The van der Waals surface area contributed by atoms with E-state index in [1.807, 2.05) is 6.92 Å². The van der Waals surface area contributed by atoms with Crippen molar-refractivity contribution in [1.29, 1.82) is 0 Å². The first-order valence-electron chi connectivity index (χ1n) is 4.30. The number of hydrogen-bond donors (Lipinski definition) is 0. The molecule has 0 aromatic carbocycles. The molecule has 0 bridgehead atoms. The first-order valence-corrected chi connectivity index (χ1v) is 5.89. The summed E-state index contributed by atoms with van der Waals surface area (Å²) in [7, 11) is 0. The van der Waals surface area contributed by atoms with Crippen LogP contribution in [0, 0.1) is 0 Å². The summed E-state index contributed by atoms with van der Waals surface area (Å²) in [4.78, 5) is 11.4. The molecule has 0 fully saturated rings. The lowest BCUT2D eigenvalue weighted by atomic mass is 10.1. The van der Waals surface area contributed by atoms with Gasteiger partial charge in [0.2, 0.25) is 0 Å². The van der Waals surface area contributed by atoms with Gasteiger partial charge in [0.25, 0.3) is 0 Å². The summed E-state index contributed by atoms with van der Waals surface area (Å²) in [5.41, 5.74) is 0.765. The highest BCUT2D eigenvalue weighted by atomic mass is 79.9. The van der Waals surface area contributed by atoms with E-state index in [1.54, 1.807) is 0 Å². The zero-order valence-electron chi connectivity index (χ0n) is 7.69. The quantitative estimate of drug-likeness (QED) is 0.589. The summed E-state index contributed by atoms with van der Waals surface area (Å²) in [5, 5.41) is 0. The van der Waals surface area contributed by atoms with Gasteiger partial charge >= 0.3 is 5.97 Å². The molecular formula is C9H12Br2O2. The summed E-state index contributed by atoms with van der Waals surface area (Å²) < 4.78 is 5.31. The minimum absolute atomic E-state index is 0.209. The van der Waals surface area contributed by atoms with Crippen LogP contribution in [0.3, 0.4) is 0 Å². The molecule has 2 nitrogen and oxygen atoms in total. The second kappa shape index (κ2) is 4.13. The van der Waals surface area contributed by atoms with Crippen molar-refractivity contribution in [2.45, 2.75) is 37.6 Å². The lowest BCUT2D eigenvalue weighted by Gasteiger charge is -2.14. The van der Waals surface area contributed by atoms with E-state index in [9.17, 15) is 4.79 Å². The fraction of sp³-hybridized carbons (Fsp3) is 0.667. The van der Waals surface area contributed by atoms with Gasteiger partial charge in [-0.2, -0.15) is 0 Å². The monoisotopic (exact) mass is 310 g/mol. The number of ether oxygens (including phenoxy) is 1. The van der Waals surface area contributed by atoms with Crippen LogP contribution in [0.4, 0.5) is 0 Å². The summed E-state index contributed by atoms with van der Waals surface area (Å²) in [6.45, 7) is 3.91. The molecule has 4 heteroatoms. The Labute approximate surface area is 95.0 Å². The molecule has 1 aliphatic rings. The number of hydrogen-bond acceptors (Lipinski definition) is 2. The molecule has 13 heavy (non-hydrogen) atoms. The van der Waals surface area contributed by atoms with Crippen molar-refractivity contribution >= 4 is 37.8 Å². The van der Waals surface area contributed by atoms with Crippen molar-refractivity contribution < 1.29 is 9.53 Å². The topological polar surface area (TPSA) is 26.3 Å². The number of rotatable bonds is 3. The van der Waals surface area contributed by atoms with Gasteiger partial charge in [0, 0.05) is 0 Å². The van der Waals surface area contributed by atoms with Crippen LogP contribution in [0.1, 0.15) is 33.1 Å². The summed E-state index contributed by atoms with van der Waals surface area (Å²) >= 11 is 6.72. The Morgan fingerprint density at radius 3 is 2.54 bits per heavy atom. The number of esters is 1. The van der Waals surface area contributed by atoms with Crippen LogP contribution in [0.2, 0.25) is 0 Å². The van der Waals surface area contributed by atoms with Crippen LogP contribution in [-0.2, 0) is 9.53 Å². The summed E-state index contributed by atoms with van der Waals surface area (Å²) in [6.07, 6.45) is 2.88. The van der Waals surface area contributed by atoms with E-state index >= 15 is 0 Å². The van der Waals surface area contributed by atoms with Crippen molar-refractivity contribution in [2.75, 3.05) is 0 Å². The Kier molecular flexibility index (Phi) is 3.57. The number of unbranched alkanes of at least 4 members (excludes halogenated alkanes) is 1. The molecule has 0 amide bonds. The maximum absolute atomic E-state index is 11.4. The fourth-order valence-corrected chi connectivity index (χ4v) is 2.03. The zero-order valence-corrected chi connectivity index (χ0v) is 10.9. The predicted octanol–water partition coefficient (Wildman–Crippen LogP) is 3.49. The van der Waals surface area contributed by atoms with E-state index in [2.05, 4.69) is 38.8 Å². The molecule has 74 valence electrons. The molecule has 0 radical (unpaired) electrons. The van der Waals surface area contributed by atoms with E-state index in [0.29, 0.717) is 0 Å². The molecule has 0 aromatic heterocycles. The highest BCUT2D eigenvalue weighted by Crippen LogP contribution is 2.42. The van der Waals surface area contributed by atoms with Crippen molar-refractivity contribution in [3.63, 3.8) is 0 Å². The molecule has 1 atom stereocenters. The van der Waals surface area contributed by atoms with E-state index in [4.69, 9.17) is 4.74 Å². The van der Waals surface area contributed by atoms with E-state index in [1.165, 1.54) is 0 Å². The van der Waals surface area contributed by atoms with Crippen LogP contribution in [0.15, 0.2) is 10.1 Å². The summed E-state index contributed by atoms with van der Waals surface area (Å²) in [5.74, 6) is -0.209. The Morgan fingerprint density at radius 1 is 1.54 bits per heavy atom. The van der Waals surface area contributed by atoms with Gasteiger partial charge in [0.05, 0.1) is 10.1 Å². The molecule has 0 aromatic rings. The van der Waals surface area contributed by atoms with Crippen LogP contribution in [0.5, 0.6) is 0 Å². The number of alkyl halides is 1. The Hall–Kier alpha value is 0.170. The summed E-state index contributed by atoms with van der Waals surface area (Å²) in [6, 6.07) is 0. The van der Waals surface area contributed by atoms with Crippen LogP contribution in [0.25, 0.3) is 0 Å². The Balaban J connectivity index is 2.80. The highest BCUT2D eigenvalue weighted by molar-refractivity contribution is 9.14. The fourth-order valence-electron chi connectivity index (χ4n) is 1.20. The number of carbonyl (C=O) groups is 1. The van der Waals surface area contributed by atoms with Crippen molar-refractivity contribution in [1.82, 2.24) is 0 Å². The lowest BCUT2D eigenvalue weighted by Crippen LogP contribution is -2.16. The van der Waals surface area contributed by atoms with Crippen LogP contribution in [-0.4, -0.2) is 10.5 Å². The van der Waals surface area contributed by atoms with Gasteiger partial charge in [-0.05, 0) is 51.6 Å². The Bertz CT molecular complexity index is 256. The van der Waals surface area contributed by atoms with Crippen molar-refractivity contribution in [3.05, 3.63) is 10.1 Å². The van der Waals surface area contributed by atoms with E-state index < -0.39 is 4.51 Å². The molecule has 0 saturated heterocycles. The number of halogens is 2. The van der Waals surface area contributed by atoms with Gasteiger partial charge in [-0.25, -0.2) is 4.79 Å². The van der Waals surface area contributed by atoms with Crippen molar-refractivity contribution in [3.8, 4) is 0 Å². The third-order valence-corrected chi connectivity index (χ3v) is 4.29. The average Bonchev–Trinajstić information content (AvgIpc) is 2.21. The average molecular weight is 312 g/mol. The molecule has 0 aliphatic carbocycles. The molecule has 1 aliphatic heterocycles. The SMILES string of the molecule is CCCCC1=C(Br)C(C)(Br)OC1=O. The lowest BCUT2D eigenvalue weighted by molar-refractivity contribution is -0.140. The molecule has 0 N–H and O–H groups in total. The smallest absolute Gasteiger partial charge is 0.336 e.